The van der Waals surface area contributed by atoms with Crippen molar-refractivity contribution in [2.75, 3.05) is 11.1 Å². The summed E-state index contributed by atoms with van der Waals surface area (Å²) in [7, 11) is 0. The van der Waals surface area contributed by atoms with Gasteiger partial charge in [-0.25, -0.2) is 8.78 Å². The molecular formula is C12H12BrF2NOS. The van der Waals surface area contributed by atoms with E-state index in [1.165, 1.54) is 6.07 Å². The van der Waals surface area contributed by atoms with Gasteiger partial charge < -0.3 is 5.32 Å². The minimum atomic E-state index is -0.778. The molecule has 6 heteroatoms. The lowest BCUT2D eigenvalue weighted by molar-refractivity contribution is -0.117. The number of hydrogen-bond acceptors (Lipinski definition) is 2. The molecule has 18 heavy (non-hydrogen) atoms. The van der Waals surface area contributed by atoms with Crippen LogP contribution in [0.15, 0.2) is 16.6 Å². The number of amides is 1. The van der Waals surface area contributed by atoms with Crippen LogP contribution in [0, 0.1) is 17.0 Å². The monoisotopic (exact) mass is 335 g/mol. The maximum absolute atomic E-state index is 13.4. The highest BCUT2D eigenvalue weighted by molar-refractivity contribution is 9.10. The lowest BCUT2D eigenvalue weighted by Crippen LogP contribution is -2.19. The highest BCUT2D eigenvalue weighted by atomic mass is 79.9. The van der Waals surface area contributed by atoms with Crippen molar-refractivity contribution in [2.45, 2.75) is 19.3 Å². The van der Waals surface area contributed by atoms with Crippen molar-refractivity contribution >= 4 is 40.2 Å². The van der Waals surface area contributed by atoms with E-state index in [0.29, 0.717) is 12.2 Å². The van der Waals surface area contributed by atoms with Crippen molar-refractivity contribution < 1.29 is 13.6 Å². The van der Waals surface area contributed by atoms with Crippen molar-refractivity contribution in [1.29, 1.82) is 0 Å². The lowest BCUT2D eigenvalue weighted by atomic mass is 10.1. The second kappa shape index (κ2) is 5.17. The predicted molar refractivity (Wildman–Crippen MR) is 72.8 cm³/mol. The molecule has 2 nitrogen and oxygen atoms in total. The first kappa shape index (κ1) is 13.8. The third kappa shape index (κ3) is 3.03. The minimum absolute atomic E-state index is 0.0109. The van der Waals surface area contributed by atoms with Crippen LogP contribution in [0.1, 0.15) is 19.3 Å². The first-order chi connectivity index (χ1) is 8.46. The molecule has 1 fully saturated rings. The molecule has 0 unspecified atom stereocenters. The third-order valence-electron chi connectivity index (χ3n) is 3.11. The molecular weight excluding hydrogens is 324 g/mol. The topological polar surface area (TPSA) is 29.1 Å². The molecule has 1 saturated carbocycles. The van der Waals surface area contributed by atoms with Gasteiger partial charge in [0.15, 0.2) is 0 Å². The van der Waals surface area contributed by atoms with Crippen LogP contribution in [0.2, 0.25) is 0 Å². The van der Waals surface area contributed by atoms with Gasteiger partial charge in [-0.3, -0.25) is 4.79 Å². The van der Waals surface area contributed by atoms with Gasteiger partial charge in [-0.1, -0.05) is 0 Å². The Labute approximate surface area is 118 Å². The van der Waals surface area contributed by atoms with Gasteiger partial charge in [-0.05, 0) is 46.0 Å². The Kier molecular flexibility index (Phi) is 3.96. The van der Waals surface area contributed by atoms with Crippen molar-refractivity contribution in [3.05, 3.63) is 28.2 Å². The molecule has 1 aliphatic rings. The average molecular weight is 336 g/mol. The van der Waals surface area contributed by atoms with Crippen molar-refractivity contribution in [1.82, 2.24) is 0 Å². The normalized spacial score (nSPS) is 16.4. The van der Waals surface area contributed by atoms with E-state index >= 15 is 0 Å². The summed E-state index contributed by atoms with van der Waals surface area (Å²) in [6.45, 7) is 0. The smallest absolute Gasteiger partial charge is 0.225 e. The summed E-state index contributed by atoms with van der Waals surface area (Å²) < 4.78 is 26.6. The molecule has 0 saturated heterocycles. The van der Waals surface area contributed by atoms with Gasteiger partial charge >= 0.3 is 0 Å². The zero-order valence-electron chi connectivity index (χ0n) is 9.47. The molecule has 1 aromatic rings. The molecule has 0 heterocycles. The number of carbonyl (C=O) groups is 1. The summed E-state index contributed by atoms with van der Waals surface area (Å²) in [6.07, 6.45) is 2.27. The maximum Gasteiger partial charge on any atom is 0.225 e. The number of thiol groups is 1. The standard InChI is InChI=1S/C12H12BrF2NOS/c13-7-3-10(9(15)4-8(7)14)16-11(17)5-12(6-18)1-2-12/h3-4,18H,1-2,5-6H2,(H,16,17). The molecule has 0 radical (unpaired) electrons. The van der Waals surface area contributed by atoms with Gasteiger partial charge in [-0.15, -0.1) is 0 Å². The first-order valence-corrected chi connectivity index (χ1v) is 6.94. The molecule has 1 aromatic carbocycles. The van der Waals surface area contributed by atoms with E-state index in [4.69, 9.17) is 0 Å². The van der Waals surface area contributed by atoms with Crippen LogP contribution < -0.4 is 5.32 Å². The van der Waals surface area contributed by atoms with Gasteiger partial charge in [-0.2, -0.15) is 12.6 Å². The molecule has 1 amide bonds. The predicted octanol–water partition coefficient (Wildman–Crippen LogP) is 3.77. The fourth-order valence-electron chi connectivity index (χ4n) is 1.72. The second-order valence-electron chi connectivity index (χ2n) is 4.63. The van der Waals surface area contributed by atoms with Crippen LogP contribution >= 0.6 is 28.6 Å². The largest absolute Gasteiger partial charge is 0.324 e. The summed E-state index contributed by atoms with van der Waals surface area (Å²) in [4.78, 5) is 11.8. The molecule has 2 rings (SSSR count). The molecule has 1 aliphatic carbocycles. The Morgan fingerprint density at radius 1 is 1.39 bits per heavy atom. The van der Waals surface area contributed by atoms with Crippen LogP contribution in [0.5, 0.6) is 0 Å². The Morgan fingerprint density at radius 3 is 2.61 bits per heavy atom. The van der Waals surface area contributed by atoms with Crippen molar-refractivity contribution in [3.63, 3.8) is 0 Å². The van der Waals surface area contributed by atoms with Crippen LogP contribution in [-0.2, 0) is 4.79 Å². The van der Waals surface area contributed by atoms with Crippen LogP contribution in [0.4, 0.5) is 14.5 Å². The average Bonchev–Trinajstić information content (AvgIpc) is 3.06. The maximum atomic E-state index is 13.4. The Hall–Kier alpha value is -0.620. The SMILES string of the molecule is O=C(CC1(CS)CC1)Nc1cc(Br)c(F)cc1F. The second-order valence-corrected chi connectivity index (χ2v) is 5.80. The fourth-order valence-corrected chi connectivity index (χ4v) is 2.49. The zero-order chi connectivity index (χ0) is 13.3. The minimum Gasteiger partial charge on any atom is -0.324 e. The quantitative estimate of drug-likeness (QED) is 0.636. The van der Waals surface area contributed by atoms with Gasteiger partial charge in [0, 0.05) is 12.5 Å². The number of halogens is 3. The van der Waals surface area contributed by atoms with Crippen LogP contribution in [-0.4, -0.2) is 11.7 Å². The van der Waals surface area contributed by atoms with Gasteiger partial charge in [0.2, 0.25) is 5.91 Å². The number of carbonyl (C=O) groups excluding carboxylic acids is 1. The van der Waals surface area contributed by atoms with E-state index in [2.05, 4.69) is 33.9 Å². The zero-order valence-corrected chi connectivity index (χ0v) is 12.0. The number of rotatable bonds is 4. The summed E-state index contributed by atoms with van der Waals surface area (Å²) in [6, 6.07) is 1.97. The van der Waals surface area contributed by atoms with Crippen molar-refractivity contribution in [3.8, 4) is 0 Å². The number of hydrogen-bond donors (Lipinski definition) is 2. The van der Waals surface area contributed by atoms with Crippen LogP contribution in [0.25, 0.3) is 0 Å². The summed E-state index contributed by atoms with van der Waals surface area (Å²) in [5.74, 6) is -1.09. The van der Waals surface area contributed by atoms with Gasteiger partial charge in [0.05, 0.1) is 10.2 Å². The number of benzene rings is 1. The summed E-state index contributed by atoms with van der Waals surface area (Å²) in [5.41, 5.74) is -0.0377. The molecule has 0 atom stereocenters. The molecule has 0 aromatic heterocycles. The van der Waals surface area contributed by atoms with E-state index in [0.717, 1.165) is 18.9 Å². The number of anilines is 1. The van der Waals surface area contributed by atoms with Gasteiger partial charge in [0.1, 0.15) is 11.6 Å². The summed E-state index contributed by atoms with van der Waals surface area (Å²) >= 11 is 7.16. The Bertz CT molecular complexity index is 491. The highest BCUT2D eigenvalue weighted by Gasteiger charge is 2.42. The Balaban J connectivity index is 2.05. The third-order valence-corrected chi connectivity index (χ3v) is 4.39. The van der Waals surface area contributed by atoms with E-state index in [1.54, 1.807) is 0 Å². The molecule has 0 aliphatic heterocycles. The number of nitrogens with one attached hydrogen (secondary N) is 1. The van der Waals surface area contributed by atoms with Crippen molar-refractivity contribution in [2.24, 2.45) is 5.41 Å². The molecule has 0 bridgehead atoms. The highest BCUT2D eigenvalue weighted by Crippen LogP contribution is 2.49. The molecule has 1 N–H and O–H groups in total. The fraction of sp³-hybridized carbons (Fsp3) is 0.417. The van der Waals surface area contributed by atoms with Gasteiger partial charge in [0.25, 0.3) is 0 Å². The van der Waals surface area contributed by atoms with E-state index in [-0.39, 0.29) is 21.5 Å². The lowest BCUT2D eigenvalue weighted by Gasteiger charge is -2.12. The molecule has 0 spiro atoms. The van der Waals surface area contributed by atoms with E-state index < -0.39 is 11.6 Å². The first-order valence-electron chi connectivity index (χ1n) is 5.51. The van der Waals surface area contributed by atoms with Crippen LogP contribution in [0.3, 0.4) is 0 Å². The van der Waals surface area contributed by atoms with E-state index in [1.807, 2.05) is 0 Å². The van der Waals surface area contributed by atoms with E-state index in [9.17, 15) is 13.6 Å². The summed E-state index contributed by atoms with van der Waals surface area (Å²) in [5, 5.41) is 2.46. The Morgan fingerprint density at radius 2 is 2.06 bits per heavy atom. The molecule has 98 valence electrons.